The van der Waals surface area contributed by atoms with Crippen LogP contribution in [-0.2, 0) is 10.2 Å². The van der Waals surface area contributed by atoms with E-state index in [1.807, 2.05) is 24.3 Å². The summed E-state index contributed by atoms with van der Waals surface area (Å²) in [7, 11) is 2.99. The molecular weight excluding hydrogens is 372 g/mol. The molecule has 2 aromatic carbocycles. The predicted octanol–water partition coefficient (Wildman–Crippen LogP) is 3.23. The van der Waals surface area contributed by atoms with E-state index in [4.69, 9.17) is 14.2 Å². The lowest BCUT2D eigenvalue weighted by Crippen LogP contribution is -2.43. The summed E-state index contributed by atoms with van der Waals surface area (Å²) in [6, 6.07) is 12.4. The second-order valence-corrected chi connectivity index (χ2v) is 7.12. The lowest BCUT2D eigenvalue weighted by atomic mass is 9.82. The van der Waals surface area contributed by atoms with Crippen LogP contribution in [0.25, 0.3) is 0 Å². The van der Waals surface area contributed by atoms with Crippen molar-refractivity contribution in [1.82, 2.24) is 10.9 Å². The Labute approximate surface area is 171 Å². The van der Waals surface area contributed by atoms with Gasteiger partial charge in [-0.25, -0.2) is 0 Å². The monoisotopic (exact) mass is 400 g/mol. The number of hydrogen-bond donors (Lipinski definition) is 2. The third-order valence-corrected chi connectivity index (χ3v) is 4.85. The Bertz CT molecular complexity index is 847. The quantitative estimate of drug-likeness (QED) is 0.665. The molecule has 0 aromatic heterocycles. The molecule has 156 valence electrons. The highest BCUT2D eigenvalue weighted by Crippen LogP contribution is 2.28. The Balaban J connectivity index is 1.85. The van der Waals surface area contributed by atoms with E-state index in [0.717, 1.165) is 6.42 Å². The fourth-order valence-corrected chi connectivity index (χ4v) is 2.57. The van der Waals surface area contributed by atoms with Gasteiger partial charge in [-0.05, 0) is 47.7 Å². The number of amides is 2. The zero-order chi connectivity index (χ0) is 21.4. The van der Waals surface area contributed by atoms with E-state index in [-0.39, 0.29) is 12.0 Å². The van der Waals surface area contributed by atoms with Crippen LogP contribution >= 0.6 is 0 Å². The number of hydrazine groups is 1. The van der Waals surface area contributed by atoms with E-state index in [0.29, 0.717) is 22.8 Å². The molecule has 2 aromatic rings. The van der Waals surface area contributed by atoms with Crippen molar-refractivity contribution in [3.63, 3.8) is 0 Å². The minimum absolute atomic E-state index is 0.0876. The average Bonchev–Trinajstić information content (AvgIpc) is 2.75. The minimum Gasteiger partial charge on any atom is -0.493 e. The Morgan fingerprint density at radius 3 is 2.17 bits per heavy atom. The Kier molecular flexibility index (Phi) is 7.47. The van der Waals surface area contributed by atoms with Gasteiger partial charge in [-0.1, -0.05) is 32.9 Å². The highest BCUT2D eigenvalue weighted by molar-refractivity contribution is 5.96. The van der Waals surface area contributed by atoms with Crippen molar-refractivity contribution < 1.29 is 23.8 Å². The average molecular weight is 400 g/mol. The van der Waals surface area contributed by atoms with Gasteiger partial charge in [0, 0.05) is 5.56 Å². The summed E-state index contributed by atoms with van der Waals surface area (Å²) in [6.45, 7) is 6.28. The molecular formula is C22H28N2O5. The molecule has 0 saturated carbocycles. The van der Waals surface area contributed by atoms with E-state index in [9.17, 15) is 9.59 Å². The first-order valence-electron chi connectivity index (χ1n) is 9.35. The SMILES string of the molecule is CCC(C)(C)c1ccc(OCC(=O)NNC(=O)c2ccc(OC)c(OC)c2)cc1. The van der Waals surface area contributed by atoms with Gasteiger partial charge in [-0.15, -0.1) is 0 Å². The van der Waals surface area contributed by atoms with Gasteiger partial charge >= 0.3 is 0 Å². The van der Waals surface area contributed by atoms with Gasteiger partial charge < -0.3 is 14.2 Å². The number of carbonyl (C=O) groups excluding carboxylic acids is 2. The number of nitrogens with one attached hydrogen (secondary N) is 2. The van der Waals surface area contributed by atoms with Crippen LogP contribution in [0, 0.1) is 0 Å². The van der Waals surface area contributed by atoms with Gasteiger partial charge in [0.15, 0.2) is 18.1 Å². The summed E-state index contributed by atoms with van der Waals surface area (Å²) < 4.78 is 15.8. The van der Waals surface area contributed by atoms with Crippen LogP contribution in [-0.4, -0.2) is 32.6 Å². The normalized spacial score (nSPS) is 10.8. The van der Waals surface area contributed by atoms with E-state index in [1.165, 1.54) is 25.8 Å². The highest BCUT2D eigenvalue weighted by atomic mass is 16.5. The van der Waals surface area contributed by atoms with Gasteiger partial charge in [-0.3, -0.25) is 20.4 Å². The number of hydrogen-bond acceptors (Lipinski definition) is 5. The maximum absolute atomic E-state index is 12.2. The molecule has 0 heterocycles. The molecule has 7 nitrogen and oxygen atoms in total. The fraction of sp³-hybridized carbons (Fsp3) is 0.364. The van der Waals surface area contributed by atoms with Gasteiger partial charge in [0.1, 0.15) is 5.75 Å². The van der Waals surface area contributed by atoms with Crippen LogP contribution in [0.1, 0.15) is 43.1 Å². The lowest BCUT2D eigenvalue weighted by molar-refractivity contribution is -0.123. The number of ether oxygens (including phenoxy) is 3. The largest absolute Gasteiger partial charge is 0.493 e. The van der Waals surface area contributed by atoms with Crippen LogP contribution in [0.3, 0.4) is 0 Å². The van der Waals surface area contributed by atoms with Crippen LogP contribution < -0.4 is 25.1 Å². The van der Waals surface area contributed by atoms with Gasteiger partial charge in [-0.2, -0.15) is 0 Å². The molecule has 0 unspecified atom stereocenters. The van der Waals surface area contributed by atoms with Gasteiger partial charge in [0.25, 0.3) is 11.8 Å². The molecule has 7 heteroatoms. The minimum atomic E-state index is -0.481. The molecule has 0 aliphatic heterocycles. The molecule has 0 aliphatic carbocycles. The van der Waals surface area contributed by atoms with Crippen LogP contribution in [0.15, 0.2) is 42.5 Å². The van der Waals surface area contributed by atoms with Crippen molar-refractivity contribution in [3.05, 3.63) is 53.6 Å². The van der Waals surface area contributed by atoms with E-state index >= 15 is 0 Å². The summed E-state index contributed by atoms with van der Waals surface area (Å²) in [5, 5.41) is 0. The number of methoxy groups -OCH3 is 2. The van der Waals surface area contributed by atoms with Crippen molar-refractivity contribution >= 4 is 11.8 Å². The van der Waals surface area contributed by atoms with E-state index in [2.05, 4.69) is 31.6 Å². The first kappa shape index (κ1) is 22.1. The third kappa shape index (κ3) is 5.88. The second-order valence-electron chi connectivity index (χ2n) is 7.12. The molecule has 0 atom stereocenters. The molecule has 0 fully saturated rings. The zero-order valence-electron chi connectivity index (χ0n) is 17.5. The van der Waals surface area contributed by atoms with Crippen molar-refractivity contribution in [2.24, 2.45) is 0 Å². The first-order valence-corrected chi connectivity index (χ1v) is 9.35. The molecule has 2 rings (SSSR count). The Hall–Kier alpha value is -3.22. The smallest absolute Gasteiger partial charge is 0.276 e. The summed E-state index contributed by atoms with van der Waals surface area (Å²) in [5.74, 6) is 0.559. The second kappa shape index (κ2) is 9.82. The molecule has 29 heavy (non-hydrogen) atoms. The summed E-state index contributed by atoms with van der Waals surface area (Å²) in [5.41, 5.74) is 6.28. The highest BCUT2D eigenvalue weighted by Gasteiger charge is 2.17. The maximum Gasteiger partial charge on any atom is 0.276 e. The summed E-state index contributed by atoms with van der Waals surface area (Å²) in [6.07, 6.45) is 1.02. The molecule has 0 saturated heterocycles. The molecule has 0 bridgehead atoms. The van der Waals surface area contributed by atoms with Crippen molar-refractivity contribution in [1.29, 1.82) is 0 Å². The molecule has 2 N–H and O–H groups in total. The topological polar surface area (TPSA) is 85.9 Å². The zero-order valence-corrected chi connectivity index (χ0v) is 17.5. The maximum atomic E-state index is 12.2. The standard InChI is InChI=1S/C22H28N2O5/c1-6-22(2,3)16-8-10-17(11-9-16)29-14-20(25)23-24-21(26)15-7-12-18(27-4)19(13-15)28-5/h7-13H,6,14H2,1-5H3,(H,23,25)(H,24,26). The Morgan fingerprint density at radius 1 is 0.931 bits per heavy atom. The molecule has 0 radical (unpaired) electrons. The molecule has 0 spiro atoms. The van der Waals surface area contributed by atoms with Crippen molar-refractivity contribution in [2.45, 2.75) is 32.6 Å². The van der Waals surface area contributed by atoms with E-state index < -0.39 is 11.8 Å². The first-order chi connectivity index (χ1) is 13.8. The lowest BCUT2D eigenvalue weighted by Gasteiger charge is -2.23. The van der Waals surface area contributed by atoms with Gasteiger partial charge in [0.2, 0.25) is 0 Å². The third-order valence-electron chi connectivity index (χ3n) is 4.85. The number of benzene rings is 2. The summed E-state index contributed by atoms with van der Waals surface area (Å²) >= 11 is 0. The van der Waals surface area contributed by atoms with Crippen LogP contribution in [0.2, 0.25) is 0 Å². The molecule has 2 amide bonds. The van der Waals surface area contributed by atoms with E-state index in [1.54, 1.807) is 12.1 Å². The van der Waals surface area contributed by atoms with Crippen molar-refractivity contribution in [2.75, 3.05) is 20.8 Å². The van der Waals surface area contributed by atoms with Crippen molar-refractivity contribution in [3.8, 4) is 17.2 Å². The predicted molar refractivity (Wildman–Crippen MR) is 110 cm³/mol. The van der Waals surface area contributed by atoms with Crippen LogP contribution in [0.5, 0.6) is 17.2 Å². The summed E-state index contributed by atoms with van der Waals surface area (Å²) in [4.78, 5) is 24.1. The number of carbonyl (C=O) groups is 2. The van der Waals surface area contributed by atoms with Crippen LogP contribution in [0.4, 0.5) is 0 Å². The Morgan fingerprint density at radius 2 is 1.59 bits per heavy atom. The molecule has 0 aliphatic rings. The fourth-order valence-electron chi connectivity index (χ4n) is 2.57. The van der Waals surface area contributed by atoms with Gasteiger partial charge in [0.05, 0.1) is 14.2 Å². The number of rotatable bonds is 8.